The Labute approximate surface area is 672 Å². The number of hydrogen-bond donors (Lipinski definition) is 0. The van der Waals surface area contributed by atoms with Gasteiger partial charge in [0.25, 0.3) is 0 Å². The van der Waals surface area contributed by atoms with Gasteiger partial charge in [-0.15, -0.1) is 46.8 Å². The summed E-state index contributed by atoms with van der Waals surface area (Å²) >= 11 is 0. The fourth-order valence-corrected chi connectivity index (χ4v) is 18.0. The molecular weight excluding hydrogens is 1430 g/mol. The Bertz CT molecular complexity index is 7380. The lowest BCUT2D eigenvalue weighted by Crippen LogP contribution is -2.36. The van der Waals surface area contributed by atoms with Crippen LogP contribution in [0.3, 0.4) is 0 Å². The summed E-state index contributed by atoms with van der Waals surface area (Å²) in [4.78, 5) is 17.6. The van der Waals surface area contributed by atoms with Crippen LogP contribution in [-0.4, -0.2) is 23.4 Å². The van der Waals surface area contributed by atoms with Gasteiger partial charge in [-0.3, -0.25) is 0 Å². The van der Waals surface area contributed by atoms with Crippen molar-refractivity contribution in [1.82, 2.24) is 23.4 Å². The minimum atomic E-state index is 0.504. The number of fused-ring (bicyclic) bond motifs is 25. The van der Waals surface area contributed by atoms with Crippen LogP contribution in [0.15, 0.2) is 116 Å². The highest BCUT2D eigenvalue weighted by molar-refractivity contribution is 5.94. The average molecular weight is 1510 g/mol. The third kappa shape index (κ3) is 11.2. The van der Waals surface area contributed by atoms with Gasteiger partial charge in [-0.25, -0.2) is 24.2 Å². The second kappa shape index (κ2) is 27.7. The summed E-state index contributed by atoms with van der Waals surface area (Å²) < 4.78 is 21.5. The lowest BCUT2D eigenvalue weighted by atomic mass is 9.92. The fraction of sp³-hybridized carbons (Fsp3) is 0.219. The second-order valence-electron chi connectivity index (χ2n) is 31.1. The molecule has 10 aromatic carbocycles. The zero-order valence-corrected chi connectivity index (χ0v) is 67.4. The summed E-state index contributed by atoms with van der Waals surface area (Å²) in [5.74, 6) is 0. The van der Waals surface area contributed by atoms with Crippen LogP contribution in [0.25, 0.3) is 107 Å². The van der Waals surface area contributed by atoms with Gasteiger partial charge in [-0.1, -0.05) is 12.1 Å². The largest absolute Gasteiger partial charge is 0.238 e. The van der Waals surface area contributed by atoms with E-state index in [0.717, 1.165) is 92.9 Å². The van der Waals surface area contributed by atoms with Crippen molar-refractivity contribution in [1.29, 1.82) is 26.3 Å². The monoisotopic (exact) mass is 1510 g/mol. The van der Waals surface area contributed by atoms with Gasteiger partial charge in [-0.05, 0) is 273 Å². The zero-order valence-electron chi connectivity index (χ0n) is 67.4. The molecule has 116 heavy (non-hydrogen) atoms. The van der Waals surface area contributed by atoms with Crippen molar-refractivity contribution >= 4 is 83.0 Å². The van der Waals surface area contributed by atoms with E-state index >= 15 is 0 Å². The van der Waals surface area contributed by atoms with E-state index < -0.39 is 0 Å². The summed E-state index contributed by atoms with van der Waals surface area (Å²) in [6.07, 6.45) is 10.1. The van der Waals surface area contributed by atoms with Gasteiger partial charge in [0, 0.05) is 5.56 Å². The standard InChI is InChI=1S/C20H17N4.4C19H15N4/c1-11-12(2)14(4)20-17(13(11)3)9-23-10-18-15(8-21)6-16(22-5)7-19(18)24(20)23;1-11-5-18-16(13(3)12(11)2)9-22-10-17-14(8-20)6-15(21-4)7-19(17)23(18)22;1-11-5-15-9-22-10-17-14(8-20)6-16(21-4)7-18(17)23(22)19(15)13(3)12(11)2;2*1-11-5-12(2)16-9-22-10-17-14(8-20)6-15(21-4)7-18(17)23(22)19(16)13(11)3/h6-7,10H,9H2,1-4H3;4*5-7,10H,9H2,1-3H3/q5*+1. The highest BCUT2D eigenvalue weighted by atomic mass is 15.4. The minimum absolute atomic E-state index is 0.504. The number of nitriles is 5. The molecule has 0 spiro atoms. The van der Waals surface area contributed by atoms with Crippen LogP contribution >= 0.6 is 0 Å². The molecule has 20 nitrogen and oxygen atoms in total. The van der Waals surface area contributed by atoms with E-state index in [1.807, 2.05) is 61.3 Å². The summed E-state index contributed by atoms with van der Waals surface area (Å²) in [6, 6.07) is 37.8. The Balaban J connectivity index is 0.000000109. The number of hydrogen-bond acceptors (Lipinski definition) is 5. The van der Waals surface area contributed by atoms with Crippen molar-refractivity contribution in [2.75, 3.05) is 0 Å². The molecule has 20 rings (SSSR count). The van der Waals surface area contributed by atoms with E-state index in [0.29, 0.717) is 56.3 Å². The van der Waals surface area contributed by atoms with Crippen LogP contribution in [0.2, 0.25) is 0 Å². The Hall–Kier alpha value is -15.6. The van der Waals surface area contributed by atoms with Gasteiger partial charge in [0.2, 0.25) is 31.0 Å². The van der Waals surface area contributed by atoms with Crippen LogP contribution in [0.4, 0.5) is 28.4 Å². The van der Waals surface area contributed by atoms with Crippen LogP contribution in [0, 0.1) is 200 Å². The Morgan fingerprint density at radius 3 is 0.888 bits per heavy atom. The topological polar surface area (TPSA) is 185 Å². The quantitative estimate of drug-likeness (QED) is 0.108. The Morgan fingerprint density at radius 1 is 0.259 bits per heavy atom. The van der Waals surface area contributed by atoms with Crippen LogP contribution < -0.4 is 23.4 Å². The highest BCUT2D eigenvalue weighted by Gasteiger charge is 2.39. The minimum Gasteiger partial charge on any atom is -0.238 e. The summed E-state index contributed by atoms with van der Waals surface area (Å²) in [5.41, 5.74) is 43.2. The van der Waals surface area contributed by atoms with E-state index in [2.05, 4.69) is 236 Å². The van der Waals surface area contributed by atoms with Crippen molar-refractivity contribution in [3.8, 4) is 58.8 Å². The summed E-state index contributed by atoms with van der Waals surface area (Å²) in [5, 5.41) is 51.6. The molecule has 0 N–H and O–H groups in total. The first-order valence-electron chi connectivity index (χ1n) is 38.0. The van der Waals surface area contributed by atoms with Gasteiger partial charge < -0.3 is 0 Å². The Morgan fingerprint density at radius 2 is 0.526 bits per heavy atom. The SMILES string of the molecule is [C-]#[N+]c1cc(C#N)c2c[n+]3n(c2c1)-c1c(C)c(C)c(C)c(C)c1C3.[C-]#[N+]c1cc(C#N)c2c[n+]3n(c2c1)-c1c(C)c(C)cc(C)c1C3.[C-]#[N+]c1cc(C#N)c2c[n+]3n(c2c1)-c1c(C)c(C)cc(C)c1C3.[C-]#[N+]c1cc(C#N)c2c[n+]3n(c2c1)-c1c(cc(C)c(C)c1C)C3.[C-]#[N+]c1cc(C#N)c2c[n+]3n(c2c1)-c1cc(C)c(C)c(C)c1C3. The normalized spacial score (nSPS) is 11.9. The summed E-state index contributed by atoms with van der Waals surface area (Å²) in [7, 11) is 0. The predicted molar refractivity (Wildman–Crippen MR) is 444 cm³/mol. The van der Waals surface area contributed by atoms with E-state index in [1.165, 1.54) is 140 Å². The maximum atomic E-state index is 9.45. The Kier molecular flexibility index (Phi) is 17.8. The molecule has 0 saturated heterocycles. The van der Waals surface area contributed by atoms with Crippen molar-refractivity contribution < 1.29 is 23.4 Å². The molecular formula is C96H77N20+5. The van der Waals surface area contributed by atoms with E-state index in [-0.39, 0.29) is 0 Å². The van der Waals surface area contributed by atoms with Gasteiger partial charge >= 0.3 is 0 Å². The summed E-state index contributed by atoms with van der Waals surface area (Å²) in [6.45, 7) is 74.9. The molecule has 0 saturated carbocycles. The second-order valence-corrected chi connectivity index (χ2v) is 31.1. The molecule has 0 fully saturated rings. The van der Waals surface area contributed by atoms with E-state index in [1.54, 1.807) is 30.3 Å². The first kappa shape index (κ1) is 74.5. The first-order chi connectivity index (χ1) is 55.7. The number of aryl methyl sites for hydroxylation is 6. The molecule has 10 heterocycles. The number of aromatic nitrogens is 10. The lowest BCUT2D eigenvalue weighted by Gasteiger charge is -2.13. The van der Waals surface area contributed by atoms with Crippen molar-refractivity contribution in [2.45, 2.75) is 144 Å². The molecule has 20 heteroatoms. The van der Waals surface area contributed by atoms with Crippen molar-refractivity contribution in [3.05, 3.63) is 318 Å². The number of nitrogens with zero attached hydrogens (tertiary/aromatic N) is 20. The predicted octanol–water partition coefficient (Wildman–Crippen LogP) is 18.4. The van der Waals surface area contributed by atoms with E-state index in [4.69, 9.17) is 32.9 Å². The smallest absolute Gasteiger partial charge is 0.205 e. The van der Waals surface area contributed by atoms with Crippen molar-refractivity contribution in [2.24, 2.45) is 0 Å². The third-order valence-corrected chi connectivity index (χ3v) is 25.0. The molecule has 0 radical (unpaired) electrons. The van der Waals surface area contributed by atoms with Gasteiger partial charge in [0.1, 0.15) is 56.0 Å². The molecule has 0 atom stereocenters. The van der Waals surface area contributed by atoms with Crippen LogP contribution in [-0.2, 0) is 32.7 Å². The maximum absolute atomic E-state index is 9.45. The zero-order chi connectivity index (χ0) is 82.4. The molecule has 556 valence electrons. The molecule has 5 aromatic heterocycles. The average Bonchev–Trinajstić information content (AvgIpc) is 1.59. The molecule has 0 unspecified atom stereocenters. The molecule has 5 aliphatic rings. The molecule has 0 amide bonds. The number of benzene rings is 10. The van der Waals surface area contributed by atoms with Gasteiger partial charge in [0.05, 0.1) is 140 Å². The first-order valence-corrected chi connectivity index (χ1v) is 38.0. The van der Waals surface area contributed by atoms with E-state index in [9.17, 15) is 26.3 Å². The van der Waals surface area contributed by atoms with Gasteiger partial charge in [0.15, 0.2) is 61.2 Å². The number of rotatable bonds is 0. The highest BCUT2D eigenvalue weighted by Crippen LogP contribution is 2.42. The lowest BCUT2D eigenvalue weighted by molar-refractivity contribution is -0.749. The molecule has 0 aliphatic carbocycles. The van der Waals surface area contributed by atoms with Gasteiger partial charge in [-0.2, -0.15) is 26.3 Å². The molecule has 15 aromatic rings. The molecule has 5 aliphatic heterocycles. The molecule has 0 bridgehead atoms. The third-order valence-electron chi connectivity index (χ3n) is 25.0. The fourth-order valence-electron chi connectivity index (χ4n) is 18.0. The van der Waals surface area contributed by atoms with Crippen LogP contribution in [0.5, 0.6) is 0 Å². The van der Waals surface area contributed by atoms with Crippen molar-refractivity contribution in [3.63, 3.8) is 0 Å². The van der Waals surface area contributed by atoms with Crippen LogP contribution in [0.1, 0.15) is 145 Å². The maximum Gasteiger partial charge on any atom is 0.205 e.